The minimum Gasteiger partial charge on any atom is -0.479 e. The Morgan fingerprint density at radius 2 is 2.56 bits per heavy atom. The molecule has 1 aliphatic heterocycles. The van der Waals surface area contributed by atoms with Gasteiger partial charge in [0, 0.05) is 6.21 Å². The summed E-state index contributed by atoms with van der Waals surface area (Å²) >= 11 is 0. The van der Waals surface area contributed by atoms with Crippen LogP contribution in [-0.4, -0.2) is 29.4 Å². The third-order valence-corrected chi connectivity index (χ3v) is 0.886. The summed E-state index contributed by atoms with van der Waals surface area (Å²) in [5.74, 6) is -1.09. The van der Waals surface area contributed by atoms with Gasteiger partial charge in [-0.3, -0.25) is 0 Å². The largest absolute Gasteiger partial charge is 0.479 e. The fourth-order valence-corrected chi connectivity index (χ4v) is 0.475. The molecule has 2 amide bonds. The molecule has 0 aromatic rings. The molecule has 0 fully saturated rings. The van der Waals surface area contributed by atoms with Crippen LogP contribution in [0.1, 0.15) is 0 Å². The normalized spacial score (nSPS) is 24.0. The molecule has 0 saturated carbocycles. The first-order chi connectivity index (χ1) is 4.20. The Balaban J connectivity index is 2.60. The zero-order valence-electron chi connectivity index (χ0n) is 4.37. The Bertz CT molecular complexity index is 186. The number of carbonyl (C=O) groups is 2. The van der Waals surface area contributed by atoms with E-state index in [1.54, 1.807) is 0 Å². The van der Waals surface area contributed by atoms with E-state index in [1.165, 1.54) is 0 Å². The molecule has 0 radical (unpaired) electrons. The van der Waals surface area contributed by atoms with Gasteiger partial charge < -0.3 is 10.4 Å². The van der Waals surface area contributed by atoms with E-state index >= 15 is 0 Å². The quantitative estimate of drug-likeness (QED) is 0.486. The summed E-state index contributed by atoms with van der Waals surface area (Å²) in [6.45, 7) is 0. The number of nitrogens with zero attached hydrogens (tertiary/aromatic N) is 1. The molecule has 5 nitrogen and oxygen atoms in total. The van der Waals surface area contributed by atoms with Crippen molar-refractivity contribution in [3.63, 3.8) is 0 Å². The maximum atomic E-state index is 10.2. The number of aliphatic carboxylic acids is 1. The maximum Gasteiger partial charge on any atom is 0.341 e. The molecule has 0 saturated heterocycles. The summed E-state index contributed by atoms with van der Waals surface area (Å²) in [6, 6.07) is -1.53. The Morgan fingerprint density at radius 3 is 2.78 bits per heavy atom. The van der Waals surface area contributed by atoms with Crippen molar-refractivity contribution in [2.24, 2.45) is 4.99 Å². The average Bonchev–Trinajstić information content (AvgIpc) is 2.14. The van der Waals surface area contributed by atoms with Crippen LogP contribution >= 0.6 is 0 Å². The highest BCUT2D eigenvalue weighted by molar-refractivity contribution is 6.04. The number of hydrogen-bond acceptors (Lipinski definition) is 2. The van der Waals surface area contributed by atoms with Crippen molar-refractivity contribution in [1.29, 1.82) is 0 Å². The first-order valence-corrected chi connectivity index (χ1v) is 2.27. The average molecular weight is 128 g/mol. The Labute approximate surface area is 50.4 Å². The SMILES string of the molecule is O=C1N=CC(C(=O)O)N1. The van der Waals surface area contributed by atoms with Crippen molar-refractivity contribution in [3.05, 3.63) is 0 Å². The second-order valence-corrected chi connectivity index (χ2v) is 1.54. The zero-order valence-corrected chi connectivity index (χ0v) is 4.37. The van der Waals surface area contributed by atoms with Gasteiger partial charge in [0.15, 0.2) is 6.04 Å². The van der Waals surface area contributed by atoms with E-state index in [0.717, 1.165) is 6.21 Å². The van der Waals surface area contributed by atoms with Gasteiger partial charge in [0.2, 0.25) is 0 Å². The number of carboxylic acids is 1. The summed E-state index contributed by atoms with van der Waals surface area (Å²) in [4.78, 5) is 23.4. The van der Waals surface area contributed by atoms with Gasteiger partial charge in [-0.15, -0.1) is 0 Å². The van der Waals surface area contributed by atoms with Gasteiger partial charge >= 0.3 is 12.0 Å². The molecular weight excluding hydrogens is 124 g/mol. The van der Waals surface area contributed by atoms with Crippen molar-refractivity contribution >= 4 is 18.2 Å². The lowest BCUT2D eigenvalue weighted by molar-refractivity contribution is -0.137. The van der Waals surface area contributed by atoms with E-state index in [2.05, 4.69) is 10.3 Å². The second-order valence-electron chi connectivity index (χ2n) is 1.54. The molecule has 5 heteroatoms. The number of carboxylic acid groups (broad SMARTS) is 1. The zero-order chi connectivity index (χ0) is 6.85. The highest BCUT2D eigenvalue weighted by Gasteiger charge is 2.21. The number of aliphatic imine (C=N–C) groups is 1. The highest BCUT2D eigenvalue weighted by Crippen LogP contribution is 1.89. The molecule has 1 unspecified atom stereocenters. The smallest absolute Gasteiger partial charge is 0.341 e. The lowest BCUT2D eigenvalue weighted by Gasteiger charge is -1.96. The molecule has 1 atom stereocenters. The fraction of sp³-hybridized carbons (Fsp3) is 0.250. The third-order valence-electron chi connectivity index (χ3n) is 0.886. The minimum atomic E-state index is -1.09. The summed E-state index contributed by atoms with van der Waals surface area (Å²) in [5, 5.41) is 10.3. The van der Waals surface area contributed by atoms with E-state index in [9.17, 15) is 9.59 Å². The van der Waals surface area contributed by atoms with Crippen LogP contribution in [-0.2, 0) is 4.79 Å². The molecule has 9 heavy (non-hydrogen) atoms. The summed E-state index contributed by atoms with van der Waals surface area (Å²) in [5.41, 5.74) is 0. The number of urea groups is 1. The van der Waals surface area contributed by atoms with Crippen LogP contribution in [0.15, 0.2) is 4.99 Å². The maximum absolute atomic E-state index is 10.2. The molecule has 0 aromatic carbocycles. The van der Waals surface area contributed by atoms with Crippen LogP contribution in [0.25, 0.3) is 0 Å². The van der Waals surface area contributed by atoms with Gasteiger partial charge in [-0.2, -0.15) is 0 Å². The first-order valence-electron chi connectivity index (χ1n) is 2.27. The lowest BCUT2D eigenvalue weighted by atomic mass is 10.3. The predicted molar refractivity (Wildman–Crippen MR) is 28.4 cm³/mol. The Morgan fingerprint density at radius 1 is 1.89 bits per heavy atom. The topological polar surface area (TPSA) is 78.8 Å². The van der Waals surface area contributed by atoms with Crippen LogP contribution < -0.4 is 5.32 Å². The summed E-state index contributed by atoms with van der Waals surface area (Å²) < 4.78 is 0. The Hall–Kier alpha value is -1.39. The molecule has 1 heterocycles. The second kappa shape index (κ2) is 1.85. The van der Waals surface area contributed by atoms with Gasteiger partial charge in [-0.1, -0.05) is 0 Å². The molecule has 0 aromatic heterocycles. The standard InChI is InChI=1S/C4H4N2O3/c7-3(8)2-1-5-4(9)6-2/h1-2H,(H,6,9)(H,7,8). The van der Waals surface area contributed by atoms with Gasteiger partial charge in [0.25, 0.3) is 0 Å². The Kier molecular flexibility index (Phi) is 1.18. The molecular formula is C4H4N2O3. The number of carbonyl (C=O) groups excluding carboxylic acids is 1. The number of amides is 2. The van der Waals surface area contributed by atoms with Crippen molar-refractivity contribution < 1.29 is 14.7 Å². The molecule has 0 aliphatic carbocycles. The fourth-order valence-electron chi connectivity index (χ4n) is 0.475. The van der Waals surface area contributed by atoms with Gasteiger partial charge in [-0.05, 0) is 0 Å². The monoisotopic (exact) mass is 128 g/mol. The van der Waals surface area contributed by atoms with Crippen LogP contribution in [0.2, 0.25) is 0 Å². The van der Waals surface area contributed by atoms with E-state index in [-0.39, 0.29) is 0 Å². The predicted octanol–water partition coefficient (Wildman–Crippen LogP) is -0.766. The first kappa shape index (κ1) is 5.74. The van der Waals surface area contributed by atoms with Crippen molar-refractivity contribution in [1.82, 2.24) is 5.32 Å². The molecule has 0 bridgehead atoms. The molecule has 48 valence electrons. The number of nitrogens with one attached hydrogen (secondary N) is 1. The van der Waals surface area contributed by atoms with Crippen LogP contribution in [0, 0.1) is 0 Å². The van der Waals surface area contributed by atoms with Gasteiger partial charge in [-0.25, -0.2) is 14.6 Å². The minimum absolute atomic E-state index is 0.595. The van der Waals surface area contributed by atoms with Crippen LogP contribution in [0.3, 0.4) is 0 Å². The highest BCUT2D eigenvalue weighted by atomic mass is 16.4. The van der Waals surface area contributed by atoms with Crippen LogP contribution in [0.4, 0.5) is 4.79 Å². The molecule has 1 aliphatic rings. The van der Waals surface area contributed by atoms with E-state index in [4.69, 9.17) is 5.11 Å². The van der Waals surface area contributed by atoms with E-state index in [0.29, 0.717) is 0 Å². The summed E-state index contributed by atoms with van der Waals surface area (Å²) in [6.07, 6.45) is 1.06. The molecule has 0 spiro atoms. The molecule has 2 N–H and O–H groups in total. The molecule has 1 rings (SSSR count). The lowest BCUT2D eigenvalue weighted by Crippen LogP contribution is -2.34. The summed E-state index contributed by atoms with van der Waals surface area (Å²) in [7, 11) is 0. The number of hydrogen-bond donors (Lipinski definition) is 2. The van der Waals surface area contributed by atoms with E-state index < -0.39 is 18.0 Å². The van der Waals surface area contributed by atoms with Crippen LogP contribution in [0.5, 0.6) is 0 Å². The van der Waals surface area contributed by atoms with Crippen molar-refractivity contribution in [2.45, 2.75) is 6.04 Å². The number of rotatable bonds is 1. The van der Waals surface area contributed by atoms with Crippen molar-refractivity contribution in [3.8, 4) is 0 Å². The van der Waals surface area contributed by atoms with E-state index in [1.807, 2.05) is 0 Å². The van der Waals surface area contributed by atoms with Gasteiger partial charge in [0.1, 0.15) is 0 Å². The van der Waals surface area contributed by atoms with Gasteiger partial charge in [0.05, 0.1) is 0 Å². The van der Waals surface area contributed by atoms with Crippen molar-refractivity contribution in [2.75, 3.05) is 0 Å². The third kappa shape index (κ3) is 1.04.